The van der Waals surface area contributed by atoms with Gasteiger partial charge in [-0.25, -0.2) is 0 Å². The third kappa shape index (κ3) is 8.48. The van der Waals surface area contributed by atoms with E-state index < -0.39 is 5.41 Å². The number of anilines is 2. The molecule has 2 aliphatic carbocycles. The zero-order valence-corrected chi connectivity index (χ0v) is 46.3. The number of non-ortho nitro benzene ring substituents is 1. The standard InChI is InChI=1S/C36H34N2O2.C36H35N/c1-24-28-20-19-27(38(39)40)22-32(28)36(4,23-25-12-7-6-8-13-25)30(24)16-11-17-33-35(2,3)31-21-18-26-14-9-10-15-29(26)34(31)37(33)5;1-25-28-17-11-12-19-31(28)36(4,24-26-14-7-6-8-15-26)30(25)20-13-21-33-35(2,3)32-23-22-27-16-9-10-18-29(27)34(32)37(33)5/h6-22H,23H2,1-5H3;6-23H,24H2,1-5H3/b16-11+,33-17+;20-13+,33-21+. The van der Waals surface area contributed by atoms with Crippen LogP contribution in [0.5, 0.6) is 0 Å². The second-order valence-corrected chi connectivity index (χ2v) is 23.2. The van der Waals surface area contributed by atoms with Crippen LogP contribution in [0.3, 0.4) is 0 Å². The monoisotopic (exact) mass is 1010 g/mol. The summed E-state index contributed by atoms with van der Waals surface area (Å²) in [5, 5.41) is 16.8. The van der Waals surface area contributed by atoms with Crippen molar-refractivity contribution in [3.63, 3.8) is 0 Å². The van der Waals surface area contributed by atoms with E-state index in [9.17, 15) is 10.1 Å². The molecule has 8 aromatic carbocycles. The molecule has 384 valence electrons. The Hall–Kier alpha value is -8.28. The summed E-state index contributed by atoms with van der Waals surface area (Å²) in [6.45, 7) is 18.3. The Bertz CT molecular complexity index is 3870. The largest absolute Gasteiger partial charge is 0.347 e. The van der Waals surface area contributed by atoms with Crippen molar-refractivity contribution in [1.82, 2.24) is 0 Å². The van der Waals surface area contributed by atoms with Crippen LogP contribution in [0.1, 0.15) is 99.9 Å². The molecule has 0 bridgehead atoms. The molecule has 0 radical (unpaired) electrons. The molecule has 0 fully saturated rings. The van der Waals surface area contributed by atoms with Gasteiger partial charge in [0.2, 0.25) is 0 Å². The number of hydrogen-bond acceptors (Lipinski definition) is 4. The topological polar surface area (TPSA) is 49.6 Å². The van der Waals surface area contributed by atoms with E-state index in [0.29, 0.717) is 0 Å². The highest BCUT2D eigenvalue weighted by atomic mass is 16.6. The number of fused-ring (bicyclic) bond motifs is 8. The highest BCUT2D eigenvalue weighted by Crippen LogP contribution is 2.54. The van der Waals surface area contributed by atoms with Crippen LogP contribution in [-0.4, -0.2) is 19.0 Å². The summed E-state index contributed by atoms with van der Waals surface area (Å²) in [7, 11) is 4.38. The van der Waals surface area contributed by atoms with Crippen molar-refractivity contribution in [3.05, 3.63) is 290 Å². The van der Waals surface area contributed by atoms with Crippen LogP contribution >= 0.6 is 0 Å². The van der Waals surface area contributed by atoms with Gasteiger partial charge in [0.1, 0.15) is 0 Å². The average molecular weight is 1010 g/mol. The Morgan fingerprint density at radius 2 is 0.883 bits per heavy atom. The molecule has 77 heavy (non-hydrogen) atoms. The third-order valence-electron chi connectivity index (χ3n) is 17.8. The molecule has 0 N–H and O–H groups in total. The summed E-state index contributed by atoms with van der Waals surface area (Å²) >= 11 is 0. The summed E-state index contributed by atoms with van der Waals surface area (Å²) in [6, 6.07) is 61.9. The van der Waals surface area contributed by atoms with Gasteiger partial charge in [-0.05, 0) is 122 Å². The van der Waals surface area contributed by atoms with Crippen LogP contribution in [0, 0.1) is 10.1 Å². The lowest BCUT2D eigenvalue weighted by molar-refractivity contribution is -0.385. The Balaban J connectivity index is 0.000000164. The quantitative estimate of drug-likeness (QED) is 0.107. The van der Waals surface area contributed by atoms with Crippen LogP contribution in [0.2, 0.25) is 0 Å². The molecule has 5 heteroatoms. The minimum absolute atomic E-state index is 0.0616. The van der Waals surface area contributed by atoms with E-state index in [1.807, 2.05) is 12.1 Å². The van der Waals surface area contributed by atoms with Crippen LogP contribution in [0.15, 0.2) is 235 Å². The molecule has 0 saturated heterocycles. The van der Waals surface area contributed by atoms with E-state index in [1.54, 1.807) is 12.1 Å². The fourth-order valence-corrected chi connectivity index (χ4v) is 13.8. The minimum Gasteiger partial charge on any atom is -0.347 e. The maximum Gasteiger partial charge on any atom is 0.269 e. The first-order valence-corrected chi connectivity index (χ1v) is 27.1. The van der Waals surface area contributed by atoms with Gasteiger partial charge in [0.05, 0.1) is 16.3 Å². The Kier molecular flexibility index (Phi) is 12.8. The molecular weight excluding hydrogens is 939 g/mol. The first-order valence-electron chi connectivity index (χ1n) is 27.1. The first kappa shape index (κ1) is 50.9. The molecule has 0 saturated carbocycles. The zero-order valence-electron chi connectivity index (χ0n) is 46.3. The summed E-state index contributed by atoms with van der Waals surface area (Å²) in [5.74, 6) is 0. The van der Waals surface area contributed by atoms with Crippen LogP contribution < -0.4 is 9.80 Å². The summed E-state index contributed by atoms with van der Waals surface area (Å²) < 4.78 is 0. The van der Waals surface area contributed by atoms with Crippen molar-refractivity contribution in [2.45, 2.75) is 89.9 Å². The van der Waals surface area contributed by atoms with Crippen LogP contribution in [0.25, 0.3) is 32.7 Å². The van der Waals surface area contributed by atoms with Crippen molar-refractivity contribution in [1.29, 1.82) is 0 Å². The van der Waals surface area contributed by atoms with E-state index in [2.05, 4.69) is 267 Å². The lowest BCUT2D eigenvalue weighted by atomic mass is 9.74. The Labute approximate surface area is 455 Å². The molecule has 2 unspecified atom stereocenters. The van der Waals surface area contributed by atoms with Gasteiger partial charge in [0.15, 0.2) is 0 Å². The molecule has 8 aromatic rings. The molecule has 0 amide bonds. The number of allylic oxidation sites excluding steroid dienone is 12. The molecule has 0 aromatic heterocycles. The van der Waals surface area contributed by atoms with Gasteiger partial charge in [-0.15, -0.1) is 0 Å². The summed E-state index contributed by atoms with van der Waals surface area (Å²) in [4.78, 5) is 16.1. The van der Waals surface area contributed by atoms with E-state index in [1.165, 1.54) is 100.0 Å². The van der Waals surface area contributed by atoms with Gasteiger partial charge in [0.25, 0.3) is 5.69 Å². The fraction of sp³-hybridized carbons (Fsp3) is 0.222. The van der Waals surface area contributed by atoms with Crippen molar-refractivity contribution in [2.24, 2.45) is 0 Å². The molecule has 5 nitrogen and oxygen atoms in total. The Morgan fingerprint density at radius 1 is 0.468 bits per heavy atom. The molecule has 2 heterocycles. The first-order chi connectivity index (χ1) is 36.9. The third-order valence-corrected chi connectivity index (χ3v) is 17.8. The lowest BCUT2D eigenvalue weighted by Gasteiger charge is -2.29. The molecule has 0 spiro atoms. The fourth-order valence-electron chi connectivity index (χ4n) is 13.8. The highest BCUT2D eigenvalue weighted by molar-refractivity contribution is 6.00. The van der Waals surface area contributed by atoms with E-state index in [-0.39, 0.29) is 26.9 Å². The second kappa shape index (κ2) is 19.4. The van der Waals surface area contributed by atoms with Gasteiger partial charge in [-0.1, -0.05) is 224 Å². The lowest BCUT2D eigenvalue weighted by Crippen LogP contribution is -2.25. The second-order valence-electron chi connectivity index (χ2n) is 23.2. The normalized spacial score (nSPS) is 20.9. The number of hydrogen-bond donors (Lipinski definition) is 0. The summed E-state index contributed by atoms with van der Waals surface area (Å²) in [5.41, 5.74) is 20.1. The predicted molar refractivity (Wildman–Crippen MR) is 325 cm³/mol. The average Bonchev–Trinajstić information content (AvgIpc) is 3.95. The molecule has 12 rings (SSSR count). The number of nitrogens with zero attached hydrogens (tertiary/aromatic N) is 3. The van der Waals surface area contributed by atoms with E-state index >= 15 is 0 Å². The van der Waals surface area contributed by atoms with Crippen molar-refractivity contribution >= 4 is 49.8 Å². The van der Waals surface area contributed by atoms with E-state index in [0.717, 1.165) is 24.0 Å². The molecular formula is C72H69N3O2. The maximum atomic E-state index is 11.7. The SMILES string of the molecule is CC1=C(/C=C/C=C2/N(C)c3c(ccc4ccccc34)C2(C)C)C(C)(Cc2ccccc2)c2cc([N+](=O)[O-])ccc21.CC1=C(/C=C/C=C2/N(C)c3c(ccc4ccccc34)C2(C)C)C(C)(Cc2ccccc2)c2ccccc21. The van der Waals surface area contributed by atoms with Crippen LogP contribution in [-0.2, 0) is 34.5 Å². The zero-order chi connectivity index (χ0) is 54.0. The maximum absolute atomic E-state index is 11.7. The smallest absolute Gasteiger partial charge is 0.269 e. The number of likely N-dealkylation sites (N-methyl/N-ethyl adjacent to an activating group) is 2. The highest BCUT2D eigenvalue weighted by Gasteiger charge is 2.43. The van der Waals surface area contributed by atoms with Crippen molar-refractivity contribution in [3.8, 4) is 0 Å². The van der Waals surface area contributed by atoms with E-state index in [4.69, 9.17) is 0 Å². The van der Waals surface area contributed by atoms with Crippen molar-refractivity contribution in [2.75, 3.05) is 23.9 Å². The summed E-state index contributed by atoms with van der Waals surface area (Å²) in [6.07, 6.45) is 15.4. The number of rotatable bonds is 9. The molecule has 2 aliphatic heterocycles. The van der Waals surface area contributed by atoms with Gasteiger partial charge in [-0.2, -0.15) is 0 Å². The van der Waals surface area contributed by atoms with Gasteiger partial charge in [-0.3, -0.25) is 10.1 Å². The number of nitro groups is 1. The van der Waals surface area contributed by atoms with Gasteiger partial charge < -0.3 is 9.80 Å². The van der Waals surface area contributed by atoms with Gasteiger partial charge >= 0.3 is 0 Å². The van der Waals surface area contributed by atoms with Gasteiger partial charge in [0, 0.05) is 70.1 Å². The Morgan fingerprint density at radius 3 is 1.36 bits per heavy atom. The molecule has 4 aliphatic rings. The number of nitro benzene ring substituents is 1. The predicted octanol–water partition coefficient (Wildman–Crippen LogP) is 17.9. The number of benzene rings is 8. The minimum atomic E-state index is -0.391. The molecule has 2 atom stereocenters. The van der Waals surface area contributed by atoms with Crippen LogP contribution in [0.4, 0.5) is 17.1 Å². The van der Waals surface area contributed by atoms with Crippen molar-refractivity contribution < 1.29 is 4.92 Å².